The Balaban J connectivity index is 1.91. The van der Waals surface area contributed by atoms with E-state index in [2.05, 4.69) is 10.6 Å². The minimum Gasteiger partial charge on any atom is -0.497 e. The minimum absolute atomic E-state index is 0.249. The van der Waals surface area contributed by atoms with E-state index in [1.165, 1.54) is 0 Å². The number of aliphatic hydroxyl groups is 2. The van der Waals surface area contributed by atoms with Gasteiger partial charge in [0.25, 0.3) is 0 Å². The second kappa shape index (κ2) is 8.51. The molecule has 26 heavy (non-hydrogen) atoms. The first kappa shape index (κ1) is 18.7. The summed E-state index contributed by atoms with van der Waals surface area (Å²) in [4.78, 5) is 4.70. The summed E-state index contributed by atoms with van der Waals surface area (Å²) in [6.45, 7) is 1.38. The molecule has 0 aliphatic rings. The van der Waals surface area contributed by atoms with Crippen molar-refractivity contribution in [2.75, 3.05) is 38.7 Å². The highest BCUT2D eigenvalue weighted by atomic mass is 35.5. The number of anilines is 1. The zero-order chi connectivity index (χ0) is 18.5. The zero-order valence-electron chi connectivity index (χ0n) is 14.5. The van der Waals surface area contributed by atoms with E-state index in [1.807, 2.05) is 36.4 Å². The Morgan fingerprint density at radius 2 is 1.96 bits per heavy atom. The summed E-state index contributed by atoms with van der Waals surface area (Å²) in [5.41, 5.74) is 2.64. The number of methoxy groups -OCH3 is 1. The predicted octanol–water partition coefficient (Wildman–Crippen LogP) is 2.40. The van der Waals surface area contributed by atoms with Crippen molar-refractivity contribution in [3.63, 3.8) is 0 Å². The molecule has 0 spiro atoms. The molecule has 0 aliphatic carbocycles. The Morgan fingerprint density at radius 1 is 1.12 bits per heavy atom. The number of fused-ring (bicyclic) bond motifs is 2. The SMILES string of the molecule is COc1ccc2nc3cc(Cl)ccc3c(NCCNC[C@H](O)CO)c2c1. The van der Waals surface area contributed by atoms with Crippen molar-refractivity contribution in [2.45, 2.75) is 6.10 Å². The van der Waals surface area contributed by atoms with Gasteiger partial charge in [0, 0.05) is 35.4 Å². The first-order chi connectivity index (χ1) is 12.6. The van der Waals surface area contributed by atoms with Crippen molar-refractivity contribution < 1.29 is 14.9 Å². The maximum atomic E-state index is 9.37. The number of ether oxygens (including phenoxy) is 1. The molecular weight excluding hydrogens is 354 g/mol. The normalized spacial score (nSPS) is 12.5. The number of rotatable bonds is 8. The van der Waals surface area contributed by atoms with Crippen LogP contribution in [0.1, 0.15) is 0 Å². The molecule has 3 rings (SSSR count). The largest absolute Gasteiger partial charge is 0.497 e. The number of aliphatic hydroxyl groups excluding tert-OH is 2. The van der Waals surface area contributed by atoms with E-state index >= 15 is 0 Å². The van der Waals surface area contributed by atoms with Crippen molar-refractivity contribution in [3.05, 3.63) is 41.4 Å². The van der Waals surface area contributed by atoms with E-state index in [0.29, 0.717) is 24.7 Å². The van der Waals surface area contributed by atoms with Gasteiger partial charge in [0.05, 0.1) is 36.5 Å². The summed E-state index contributed by atoms with van der Waals surface area (Å²) in [7, 11) is 1.64. The lowest BCUT2D eigenvalue weighted by Gasteiger charge is -2.15. The van der Waals surface area contributed by atoms with E-state index in [4.69, 9.17) is 26.4 Å². The summed E-state index contributed by atoms with van der Waals surface area (Å²) in [6.07, 6.45) is -0.746. The molecule has 3 aromatic rings. The van der Waals surface area contributed by atoms with Crippen LogP contribution in [-0.4, -0.2) is 54.7 Å². The van der Waals surface area contributed by atoms with Gasteiger partial charge in [-0.05, 0) is 36.4 Å². The Morgan fingerprint density at radius 3 is 2.73 bits per heavy atom. The lowest BCUT2D eigenvalue weighted by Crippen LogP contribution is -2.32. The van der Waals surface area contributed by atoms with Crippen LogP contribution in [0.5, 0.6) is 5.75 Å². The summed E-state index contributed by atoms with van der Waals surface area (Å²) in [5.74, 6) is 0.764. The minimum atomic E-state index is -0.746. The number of halogens is 1. The third kappa shape index (κ3) is 4.16. The lowest BCUT2D eigenvalue weighted by molar-refractivity contribution is 0.0949. The van der Waals surface area contributed by atoms with Crippen molar-refractivity contribution in [3.8, 4) is 5.75 Å². The maximum absolute atomic E-state index is 9.37. The maximum Gasteiger partial charge on any atom is 0.119 e. The number of hydrogen-bond donors (Lipinski definition) is 4. The fourth-order valence-corrected chi connectivity index (χ4v) is 2.99. The second-order valence-corrected chi connectivity index (χ2v) is 6.44. The highest BCUT2D eigenvalue weighted by molar-refractivity contribution is 6.31. The van der Waals surface area contributed by atoms with Crippen molar-refractivity contribution >= 4 is 39.1 Å². The molecule has 7 heteroatoms. The topological polar surface area (TPSA) is 86.6 Å². The van der Waals surface area contributed by atoms with Crippen LogP contribution < -0.4 is 15.4 Å². The molecule has 0 saturated heterocycles. The van der Waals surface area contributed by atoms with Gasteiger partial charge in [-0.25, -0.2) is 4.98 Å². The van der Waals surface area contributed by atoms with Gasteiger partial charge in [0.1, 0.15) is 5.75 Å². The quantitative estimate of drug-likeness (QED) is 0.357. The molecule has 6 nitrogen and oxygen atoms in total. The van der Waals surface area contributed by atoms with Gasteiger partial charge in [-0.3, -0.25) is 0 Å². The molecule has 0 unspecified atom stereocenters. The van der Waals surface area contributed by atoms with E-state index < -0.39 is 6.10 Å². The highest BCUT2D eigenvalue weighted by Gasteiger charge is 2.11. The smallest absolute Gasteiger partial charge is 0.119 e. The molecule has 0 radical (unpaired) electrons. The van der Waals surface area contributed by atoms with Crippen LogP contribution in [0.15, 0.2) is 36.4 Å². The van der Waals surface area contributed by atoms with Crippen molar-refractivity contribution in [1.29, 1.82) is 0 Å². The summed E-state index contributed by atoms with van der Waals surface area (Å²) >= 11 is 6.12. The molecule has 1 atom stereocenters. The third-order valence-electron chi connectivity index (χ3n) is 4.14. The van der Waals surface area contributed by atoms with E-state index in [0.717, 1.165) is 33.2 Å². The molecule has 0 bridgehead atoms. The summed E-state index contributed by atoms with van der Waals surface area (Å²) in [5, 5.41) is 27.4. The van der Waals surface area contributed by atoms with Gasteiger partial charge in [-0.15, -0.1) is 0 Å². The molecule has 138 valence electrons. The Hall–Kier alpha value is -2.12. The van der Waals surface area contributed by atoms with Crippen molar-refractivity contribution in [2.24, 2.45) is 0 Å². The average Bonchev–Trinajstić information content (AvgIpc) is 2.66. The molecule has 1 heterocycles. The van der Waals surface area contributed by atoms with E-state index in [9.17, 15) is 5.11 Å². The fraction of sp³-hybridized carbons (Fsp3) is 0.316. The van der Waals surface area contributed by atoms with Gasteiger partial charge in [-0.2, -0.15) is 0 Å². The number of benzene rings is 2. The van der Waals surface area contributed by atoms with Gasteiger partial charge >= 0.3 is 0 Å². The third-order valence-corrected chi connectivity index (χ3v) is 4.37. The van der Waals surface area contributed by atoms with Crippen LogP contribution in [0.3, 0.4) is 0 Å². The Kier molecular flexibility index (Phi) is 6.11. The second-order valence-electron chi connectivity index (χ2n) is 6.00. The van der Waals surface area contributed by atoms with Crippen LogP contribution in [0, 0.1) is 0 Å². The zero-order valence-corrected chi connectivity index (χ0v) is 15.3. The first-order valence-corrected chi connectivity index (χ1v) is 8.80. The van der Waals surface area contributed by atoms with E-state index in [-0.39, 0.29) is 6.61 Å². The average molecular weight is 376 g/mol. The fourth-order valence-electron chi connectivity index (χ4n) is 2.82. The molecule has 0 fully saturated rings. The summed E-state index contributed by atoms with van der Waals surface area (Å²) in [6, 6.07) is 11.4. The number of hydrogen-bond acceptors (Lipinski definition) is 6. The predicted molar refractivity (Wildman–Crippen MR) is 105 cm³/mol. The molecule has 0 amide bonds. The number of aromatic nitrogens is 1. The Bertz CT molecular complexity index is 904. The molecule has 2 aromatic carbocycles. The first-order valence-electron chi connectivity index (χ1n) is 8.43. The highest BCUT2D eigenvalue weighted by Crippen LogP contribution is 2.33. The molecule has 0 saturated carbocycles. The lowest BCUT2D eigenvalue weighted by atomic mass is 10.1. The van der Waals surface area contributed by atoms with Crippen LogP contribution >= 0.6 is 11.6 Å². The monoisotopic (exact) mass is 375 g/mol. The van der Waals surface area contributed by atoms with Crippen LogP contribution in [0.4, 0.5) is 5.69 Å². The van der Waals surface area contributed by atoms with Crippen molar-refractivity contribution in [1.82, 2.24) is 10.3 Å². The number of nitrogens with one attached hydrogen (secondary N) is 2. The number of nitrogens with zero attached hydrogens (tertiary/aromatic N) is 1. The van der Waals surface area contributed by atoms with Crippen LogP contribution in [-0.2, 0) is 0 Å². The molecular formula is C19H22ClN3O3. The Labute approximate surface area is 156 Å². The van der Waals surface area contributed by atoms with Gasteiger partial charge < -0.3 is 25.6 Å². The summed E-state index contributed by atoms with van der Waals surface area (Å²) < 4.78 is 5.35. The van der Waals surface area contributed by atoms with Crippen LogP contribution in [0.25, 0.3) is 21.8 Å². The van der Waals surface area contributed by atoms with E-state index in [1.54, 1.807) is 7.11 Å². The van der Waals surface area contributed by atoms with Crippen LogP contribution in [0.2, 0.25) is 5.02 Å². The number of pyridine rings is 1. The van der Waals surface area contributed by atoms with Gasteiger partial charge in [0.15, 0.2) is 0 Å². The van der Waals surface area contributed by atoms with Gasteiger partial charge in [0.2, 0.25) is 0 Å². The molecule has 1 aromatic heterocycles. The molecule has 4 N–H and O–H groups in total. The molecule has 0 aliphatic heterocycles. The van der Waals surface area contributed by atoms with Gasteiger partial charge in [-0.1, -0.05) is 11.6 Å². The standard InChI is InChI=1S/C19H22ClN3O3/c1-26-14-3-5-17-16(9-14)19(22-7-6-21-10-13(25)11-24)15-4-2-12(20)8-18(15)23-17/h2-5,8-9,13,21,24-25H,6-7,10-11H2,1H3,(H,22,23)/t13-/m0/s1.